The molecule has 1 aromatic rings. The fraction of sp³-hybridized carbons (Fsp3) is 0.533. The van der Waals surface area contributed by atoms with Crippen molar-refractivity contribution in [3.05, 3.63) is 34.4 Å². The second kappa shape index (κ2) is 9.81. The largest absolute Gasteiger partial charge is 0.481 e. The van der Waals surface area contributed by atoms with Crippen molar-refractivity contribution < 1.29 is 23.2 Å². The number of nitro groups is 1. The summed E-state index contributed by atoms with van der Waals surface area (Å²) in [5.41, 5.74) is -0.418. The third kappa shape index (κ3) is 5.63. The Morgan fingerprint density at radius 2 is 1.77 bits per heavy atom. The molecule has 0 saturated carbocycles. The predicted molar refractivity (Wildman–Crippen MR) is 97.0 cm³/mol. The van der Waals surface area contributed by atoms with Crippen molar-refractivity contribution in [2.45, 2.75) is 24.2 Å². The summed E-state index contributed by atoms with van der Waals surface area (Å²) in [5.74, 6) is -0.819. The van der Waals surface area contributed by atoms with Crippen molar-refractivity contribution in [1.82, 2.24) is 9.21 Å². The second-order valence-electron chi connectivity index (χ2n) is 5.82. The van der Waals surface area contributed by atoms with Gasteiger partial charge in [-0.05, 0) is 25.5 Å². The Balaban J connectivity index is 0.00000338. The summed E-state index contributed by atoms with van der Waals surface area (Å²) in [6.45, 7) is 2.27. The zero-order valence-corrected chi connectivity index (χ0v) is 15.7. The van der Waals surface area contributed by atoms with E-state index in [0.717, 1.165) is 6.42 Å². The van der Waals surface area contributed by atoms with E-state index in [1.807, 2.05) is 0 Å². The van der Waals surface area contributed by atoms with E-state index in [1.54, 1.807) is 0 Å². The molecule has 11 heteroatoms. The van der Waals surface area contributed by atoms with Crippen molar-refractivity contribution in [2.24, 2.45) is 0 Å². The summed E-state index contributed by atoms with van der Waals surface area (Å²) in [4.78, 5) is 22.7. The van der Waals surface area contributed by atoms with Crippen LogP contribution in [0.5, 0.6) is 0 Å². The number of hydrogen-bond donors (Lipinski definition) is 1. The summed E-state index contributed by atoms with van der Waals surface area (Å²) in [5, 5.41) is 19.7. The van der Waals surface area contributed by atoms with Gasteiger partial charge in [-0.25, -0.2) is 8.42 Å². The number of unbranched alkanes of at least 4 members (excludes halogenated alkanes) is 1. The number of carboxylic acids is 1. The highest BCUT2D eigenvalue weighted by Gasteiger charge is 2.33. The molecule has 1 heterocycles. The lowest BCUT2D eigenvalue weighted by Crippen LogP contribution is -2.48. The zero-order chi connectivity index (χ0) is 18.4. The predicted octanol–water partition coefficient (Wildman–Crippen LogP) is 1.58. The smallest absolute Gasteiger partial charge is 0.303 e. The number of rotatable bonds is 8. The lowest BCUT2D eigenvalue weighted by Gasteiger charge is -2.33. The summed E-state index contributed by atoms with van der Waals surface area (Å²) in [6.07, 6.45) is 1.46. The molecule has 0 aliphatic carbocycles. The molecular formula is C15H22ClN3O6S. The van der Waals surface area contributed by atoms with E-state index >= 15 is 0 Å². The van der Waals surface area contributed by atoms with E-state index < -0.39 is 26.6 Å². The number of sulfonamides is 1. The van der Waals surface area contributed by atoms with Crippen molar-refractivity contribution in [3.8, 4) is 0 Å². The second-order valence-corrected chi connectivity index (χ2v) is 7.73. The van der Waals surface area contributed by atoms with Crippen LogP contribution in [0, 0.1) is 10.1 Å². The maximum absolute atomic E-state index is 12.7. The lowest BCUT2D eigenvalue weighted by molar-refractivity contribution is -0.387. The summed E-state index contributed by atoms with van der Waals surface area (Å²) >= 11 is 0. The van der Waals surface area contributed by atoms with Gasteiger partial charge in [-0.15, -0.1) is 12.4 Å². The van der Waals surface area contributed by atoms with E-state index in [9.17, 15) is 23.3 Å². The number of para-hydroxylation sites is 1. The first-order chi connectivity index (χ1) is 11.8. The maximum Gasteiger partial charge on any atom is 0.303 e. The first kappa shape index (κ1) is 22.3. The van der Waals surface area contributed by atoms with Gasteiger partial charge in [0.1, 0.15) is 0 Å². The topological polar surface area (TPSA) is 121 Å². The molecule has 0 aromatic heterocycles. The molecule has 1 aliphatic heterocycles. The fourth-order valence-electron chi connectivity index (χ4n) is 2.77. The molecule has 0 spiro atoms. The Kier molecular flexibility index (Phi) is 8.41. The first-order valence-corrected chi connectivity index (χ1v) is 9.44. The van der Waals surface area contributed by atoms with Crippen LogP contribution in [0.2, 0.25) is 0 Å². The molecule has 1 aromatic carbocycles. The molecule has 1 saturated heterocycles. The van der Waals surface area contributed by atoms with E-state index in [4.69, 9.17) is 5.11 Å². The molecule has 0 amide bonds. The van der Waals surface area contributed by atoms with Crippen LogP contribution in [0.1, 0.15) is 19.3 Å². The highest BCUT2D eigenvalue weighted by Crippen LogP contribution is 2.26. The van der Waals surface area contributed by atoms with Gasteiger partial charge in [0, 0.05) is 38.7 Å². The average Bonchev–Trinajstić information content (AvgIpc) is 2.59. The highest BCUT2D eigenvalue weighted by molar-refractivity contribution is 7.89. The Hall–Kier alpha value is -1.75. The van der Waals surface area contributed by atoms with E-state index in [2.05, 4.69) is 4.90 Å². The molecule has 0 atom stereocenters. The number of benzene rings is 1. The summed E-state index contributed by atoms with van der Waals surface area (Å²) in [7, 11) is -3.91. The molecule has 0 radical (unpaired) electrons. The number of halogens is 1. The molecule has 1 aliphatic rings. The van der Waals surface area contributed by atoms with Crippen molar-refractivity contribution in [2.75, 3.05) is 32.7 Å². The van der Waals surface area contributed by atoms with Gasteiger partial charge in [-0.2, -0.15) is 4.31 Å². The minimum atomic E-state index is -3.91. The molecule has 1 fully saturated rings. The third-order valence-electron chi connectivity index (χ3n) is 4.13. The van der Waals surface area contributed by atoms with Crippen LogP contribution in [-0.4, -0.2) is 66.3 Å². The quantitative estimate of drug-likeness (QED) is 0.394. The number of aliphatic carboxylic acids is 1. The van der Waals surface area contributed by atoms with Crippen LogP contribution in [0.25, 0.3) is 0 Å². The highest BCUT2D eigenvalue weighted by atomic mass is 35.5. The number of hydrogen-bond acceptors (Lipinski definition) is 6. The van der Waals surface area contributed by atoms with Gasteiger partial charge in [0.15, 0.2) is 4.90 Å². The molecule has 0 bridgehead atoms. The molecule has 0 unspecified atom stereocenters. The summed E-state index contributed by atoms with van der Waals surface area (Å²) in [6, 6.07) is 5.35. The van der Waals surface area contributed by atoms with Crippen LogP contribution >= 0.6 is 12.4 Å². The fourth-order valence-corrected chi connectivity index (χ4v) is 4.35. The van der Waals surface area contributed by atoms with Gasteiger partial charge in [0.05, 0.1) is 4.92 Å². The Morgan fingerprint density at radius 1 is 1.15 bits per heavy atom. The molecule has 2 rings (SSSR count). The Bertz CT molecular complexity index is 735. The van der Waals surface area contributed by atoms with Gasteiger partial charge in [-0.3, -0.25) is 14.9 Å². The van der Waals surface area contributed by atoms with Gasteiger partial charge in [0.25, 0.3) is 5.69 Å². The van der Waals surface area contributed by atoms with E-state index in [0.29, 0.717) is 26.1 Å². The lowest BCUT2D eigenvalue weighted by atomic mass is 10.2. The van der Waals surface area contributed by atoms with Crippen molar-refractivity contribution >= 4 is 34.1 Å². The molecule has 1 N–H and O–H groups in total. The third-order valence-corrected chi connectivity index (χ3v) is 6.07. The van der Waals surface area contributed by atoms with Crippen LogP contribution in [0.3, 0.4) is 0 Å². The molecule has 9 nitrogen and oxygen atoms in total. The monoisotopic (exact) mass is 407 g/mol. The molecule has 146 valence electrons. The van der Waals surface area contributed by atoms with Crippen molar-refractivity contribution in [3.63, 3.8) is 0 Å². The first-order valence-electron chi connectivity index (χ1n) is 8.00. The SMILES string of the molecule is Cl.O=C(O)CCCCN1CCN(S(=O)(=O)c2ccccc2[N+](=O)[O-])CC1. The number of piperazine rings is 1. The standard InChI is InChI=1S/C15H21N3O6S.ClH/c19-15(20)7-3-4-8-16-9-11-17(12-10-16)25(23,24)14-6-2-1-5-13(14)18(21)22;/h1-2,5-6H,3-4,7-12H2,(H,19,20);1H. The van der Waals surface area contributed by atoms with Crippen LogP contribution in [0.4, 0.5) is 5.69 Å². The number of nitrogens with zero attached hydrogens (tertiary/aromatic N) is 3. The zero-order valence-electron chi connectivity index (χ0n) is 14.1. The number of nitro benzene ring substituents is 1. The number of carbonyl (C=O) groups is 1. The molecular weight excluding hydrogens is 386 g/mol. The Labute approximate surface area is 158 Å². The van der Waals surface area contributed by atoms with Gasteiger partial charge in [0.2, 0.25) is 10.0 Å². The van der Waals surface area contributed by atoms with Crippen molar-refractivity contribution in [1.29, 1.82) is 0 Å². The minimum absolute atomic E-state index is 0. The molecule has 26 heavy (non-hydrogen) atoms. The maximum atomic E-state index is 12.7. The summed E-state index contributed by atoms with van der Waals surface area (Å²) < 4.78 is 26.7. The Morgan fingerprint density at radius 3 is 2.35 bits per heavy atom. The van der Waals surface area contributed by atoms with E-state index in [1.165, 1.54) is 28.6 Å². The van der Waals surface area contributed by atoms with E-state index in [-0.39, 0.29) is 36.8 Å². The van der Waals surface area contributed by atoms with Gasteiger partial charge in [-0.1, -0.05) is 12.1 Å². The number of carboxylic acid groups (broad SMARTS) is 1. The van der Waals surface area contributed by atoms with Gasteiger partial charge >= 0.3 is 5.97 Å². The normalized spacial score (nSPS) is 16.0. The van der Waals surface area contributed by atoms with Crippen LogP contribution < -0.4 is 0 Å². The van der Waals surface area contributed by atoms with Crippen LogP contribution in [-0.2, 0) is 14.8 Å². The van der Waals surface area contributed by atoms with Gasteiger partial charge < -0.3 is 10.0 Å². The average molecular weight is 408 g/mol. The van der Waals surface area contributed by atoms with Crippen LogP contribution in [0.15, 0.2) is 29.2 Å². The minimum Gasteiger partial charge on any atom is -0.481 e.